The number of anilines is 1. The molecule has 0 amide bonds. The summed E-state index contributed by atoms with van der Waals surface area (Å²) >= 11 is 0. The van der Waals surface area contributed by atoms with Crippen molar-refractivity contribution < 1.29 is 13.0 Å². The Morgan fingerprint density at radius 3 is 2.42 bits per heavy atom. The fourth-order valence-electron chi connectivity index (χ4n) is 2.95. The van der Waals surface area contributed by atoms with Crippen LogP contribution in [-0.4, -0.2) is 43.4 Å². The predicted octanol–water partition coefficient (Wildman–Crippen LogP) is 3.93. The smallest absolute Gasteiger partial charge is 0.286 e. The van der Waals surface area contributed by atoms with Gasteiger partial charge in [0.05, 0.1) is 0 Å². The Labute approximate surface area is 157 Å². The molecule has 0 radical (unpaired) electrons. The zero-order chi connectivity index (χ0) is 19.2. The van der Waals surface area contributed by atoms with Crippen LogP contribution in [0.2, 0.25) is 0 Å². The highest BCUT2D eigenvalue weighted by molar-refractivity contribution is 7.86. The molecule has 5 nitrogen and oxygen atoms in total. The molecule has 2 rings (SSSR count). The highest BCUT2D eigenvalue weighted by Crippen LogP contribution is 2.23. The number of nitrogens with zero attached hydrogens (tertiary/aromatic N) is 2. The van der Waals surface area contributed by atoms with E-state index in [4.69, 9.17) is 0 Å². The molecule has 1 aromatic rings. The van der Waals surface area contributed by atoms with Gasteiger partial charge >= 0.3 is 0 Å². The van der Waals surface area contributed by atoms with Crippen molar-refractivity contribution in [2.24, 2.45) is 0 Å². The normalized spacial score (nSPS) is 16.0. The Morgan fingerprint density at radius 2 is 1.92 bits per heavy atom. The van der Waals surface area contributed by atoms with Crippen LogP contribution in [0.25, 0.3) is 6.08 Å². The van der Waals surface area contributed by atoms with Gasteiger partial charge in [0.1, 0.15) is 0 Å². The van der Waals surface area contributed by atoms with Crippen molar-refractivity contribution in [3.05, 3.63) is 59.8 Å². The molecule has 0 saturated carbocycles. The van der Waals surface area contributed by atoms with Crippen LogP contribution in [0.5, 0.6) is 0 Å². The summed E-state index contributed by atoms with van der Waals surface area (Å²) in [6.45, 7) is 5.20. The second-order valence-corrected chi connectivity index (χ2v) is 8.00. The van der Waals surface area contributed by atoms with Gasteiger partial charge in [0.25, 0.3) is 10.1 Å². The maximum Gasteiger partial charge on any atom is 0.286 e. The Bertz CT molecular complexity index is 780. The third-order valence-corrected chi connectivity index (χ3v) is 5.58. The molecule has 26 heavy (non-hydrogen) atoms. The molecule has 0 aromatic heterocycles. The van der Waals surface area contributed by atoms with Crippen molar-refractivity contribution in [3.8, 4) is 0 Å². The van der Waals surface area contributed by atoms with Gasteiger partial charge < -0.3 is 9.80 Å². The zero-order valence-electron chi connectivity index (χ0n) is 15.7. The topological polar surface area (TPSA) is 60.9 Å². The predicted molar refractivity (Wildman–Crippen MR) is 109 cm³/mol. The molecule has 142 valence electrons. The zero-order valence-corrected chi connectivity index (χ0v) is 16.5. The van der Waals surface area contributed by atoms with Gasteiger partial charge in [-0.15, -0.1) is 0 Å². The van der Waals surface area contributed by atoms with Crippen molar-refractivity contribution in [1.29, 1.82) is 0 Å². The average molecular weight is 377 g/mol. The van der Waals surface area contributed by atoms with Gasteiger partial charge in [0.2, 0.25) is 0 Å². The SMILES string of the molecule is CCCC(N(CC)c1ccc(/C=C/C2=CCN(C)C=C2)cc1)S(=O)(=O)O. The molecule has 0 fully saturated rings. The number of hydrogen-bond donors (Lipinski definition) is 1. The molecular formula is C20H28N2O3S. The van der Waals surface area contributed by atoms with Crippen molar-refractivity contribution >= 4 is 21.9 Å². The monoisotopic (exact) mass is 376 g/mol. The van der Waals surface area contributed by atoms with Crippen LogP contribution in [0, 0.1) is 0 Å². The largest absolute Gasteiger partial charge is 0.377 e. The van der Waals surface area contributed by atoms with Crippen LogP contribution < -0.4 is 4.90 Å². The summed E-state index contributed by atoms with van der Waals surface area (Å²) in [6, 6.07) is 7.72. The Morgan fingerprint density at radius 1 is 1.23 bits per heavy atom. The van der Waals surface area contributed by atoms with Crippen LogP contribution in [-0.2, 0) is 10.1 Å². The van der Waals surface area contributed by atoms with Gasteiger partial charge in [-0.1, -0.05) is 43.7 Å². The first-order chi connectivity index (χ1) is 12.3. The van der Waals surface area contributed by atoms with E-state index in [1.54, 1.807) is 4.90 Å². The minimum Gasteiger partial charge on any atom is -0.377 e. The molecule has 0 spiro atoms. The third-order valence-electron chi connectivity index (χ3n) is 4.40. The second kappa shape index (κ2) is 9.05. The summed E-state index contributed by atoms with van der Waals surface area (Å²) in [7, 11) is -2.10. The first kappa shape index (κ1) is 20.3. The van der Waals surface area contributed by atoms with E-state index in [2.05, 4.69) is 23.1 Å². The van der Waals surface area contributed by atoms with Gasteiger partial charge in [0, 0.05) is 25.8 Å². The summed E-state index contributed by atoms with van der Waals surface area (Å²) in [5.41, 5.74) is 2.99. The standard InChI is InChI=1S/C20H28N2O3S/c1-4-6-20(26(23,24)25)22(5-2)19-11-9-17(10-12-19)7-8-18-13-15-21(3)16-14-18/h7-15,20H,4-6,16H2,1-3H3,(H,23,24,25)/b8-7+. The number of benzene rings is 1. The minimum absolute atomic E-state index is 0.392. The lowest BCUT2D eigenvalue weighted by atomic mass is 10.1. The lowest BCUT2D eigenvalue weighted by Gasteiger charge is -2.30. The highest BCUT2D eigenvalue weighted by Gasteiger charge is 2.28. The number of allylic oxidation sites excluding steroid dienone is 3. The first-order valence-electron chi connectivity index (χ1n) is 8.94. The van der Waals surface area contributed by atoms with E-state index in [9.17, 15) is 13.0 Å². The van der Waals surface area contributed by atoms with Gasteiger partial charge in [0.15, 0.2) is 5.37 Å². The van der Waals surface area contributed by atoms with E-state index in [1.807, 2.05) is 57.4 Å². The minimum atomic E-state index is -4.13. The van der Waals surface area contributed by atoms with Gasteiger partial charge in [-0.25, -0.2) is 0 Å². The van der Waals surface area contributed by atoms with Crippen LogP contribution in [0.4, 0.5) is 5.69 Å². The molecular weight excluding hydrogens is 348 g/mol. The number of rotatable bonds is 8. The van der Waals surface area contributed by atoms with Crippen LogP contribution in [0.15, 0.2) is 54.3 Å². The van der Waals surface area contributed by atoms with Gasteiger partial charge in [-0.2, -0.15) is 8.42 Å². The quantitative estimate of drug-likeness (QED) is 0.697. The summed E-state index contributed by atoms with van der Waals surface area (Å²) in [4.78, 5) is 3.84. The van der Waals surface area contributed by atoms with Crippen LogP contribution in [0.1, 0.15) is 32.3 Å². The molecule has 1 heterocycles. The molecule has 6 heteroatoms. The Hall–Kier alpha value is -2.05. The van der Waals surface area contributed by atoms with Gasteiger partial charge in [-0.3, -0.25) is 4.55 Å². The van der Waals surface area contributed by atoms with Crippen molar-refractivity contribution in [2.75, 3.05) is 25.0 Å². The average Bonchev–Trinajstić information content (AvgIpc) is 2.61. The Balaban J connectivity index is 2.15. The molecule has 1 aliphatic heterocycles. The number of hydrogen-bond acceptors (Lipinski definition) is 4. The summed E-state index contributed by atoms with van der Waals surface area (Å²) in [5.74, 6) is 0. The van der Waals surface area contributed by atoms with Gasteiger partial charge in [-0.05, 0) is 48.9 Å². The molecule has 0 bridgehead atoms. The van der Waals surface area contributed by atoms with Crippen molar-refractivity contribution in [3.63, 3.8) is 0 Å². The molecule has 1 unspecified atom stereocenters. The second-order valence-electron chi connectivity index (χ2n) is 6.43. The maximum absolute atomic E-state index is 11.7. The molecule has 1 aliphatic rings. The molecule has 0 aliphatic carbocycles. The van der Waals surface area contributed by atoms with E-state index in [0.717, 1.165) is 23.4 Å². The first-order valence-corrected chi connectivity index (χ1v) is 10.4. The molecule has 1 aromatic carbocycles. The number of likely N-dealkylation sites (N-methyl/N-ethyl adjacent to an activating group) is 1. The van der Waals surface area contributed by atoms with Crippen LogP contribution in [0.3, 0.4) is 0 Å². The van der Waals surface area contributed by atoms with Crippen molar-refractivity contribution in [1.82, 2.24) is 4.90 Å². The summed E-state index contributed by atoms with van der Waals surface area (Å²) in [6.07, 6.45) is 11.4. The summed E-state index contributed by atoms with van der Waals surface area (Å²) < 4.78 is 33.1. The summed E-state index contributed by atoms with van der Waals surface area (Å²) in [5, 5.41) is -0.909. The molecule has 0 saturated heterocycles. The van der Waals surface area contributed by atoms with E-state index >= 15 is 0 Å². The van der Waals surface area contributed by atoms with E-state index < -0.39 is 15.5 Å². The van der Waals surface area contributed by atoms with E-state index in [-0.39, 0.29) is 0 Å². The lowest BCUT2D eigenvalue weighted by Crippen LogP contribution is -2.41. The third kappa shape index (κ3) is 5.47. The molecule has 1 N–H and O–H groups in total. The van der Waals surface area contributed by atoms with E-state index in [1.165, 1.54) is 0 Å². The fourth-order valence-corrected chi connectivity index (χ4v) is 4.08. The fraction of sp³-hybridized carbons (Fsp3) is 0.400. The van der Waals surface area contributed by atoms with Crippen LogP contribution >= 0.6 is 0 Å². The molecule has 1 atom stereocenters. The van der Waals surface area contributed by atoms with Crippen molar-refractivity contribution in [2.45, 2.75) is 32.1 Å². The maximum atomic E-state index is 11.7. The van der Waals surface area contributed by atoms with E-state index in [0.29, 0.717) is 19.4 Å². The Kier molecular flexibility index (Phi) is 7.06. The lowest BCUT2D eigenvalue weighted by molar-refractivity contribution is 0.456. The highest BCUT2D eigenvalue weighted by atomic mass is 32.2.